The molecule has 3 aromatic rings. The molecule has 4 nitrogen and oxygen atoms in total. The molecule has 144 valence electrons. The molecule has 2 aromatic carbocycles. The van der Waals surface area contributed by atoms with Gasteiger partial charge in [-0.05, 0) is 42.2 Å². The average Bonchev–Trinajstić information content (AvgIpc) is 3.08. The topological polar surface area (TPSA) is 46.9 Å². The van der Waals surface area contributed by atoms with Crippen LogP contribution >= 0.6 is 11.6 Å². The molecule has 0 saturated heterocycles. The van der Waals surface area contributed by atoms with Gasteiger partial charge in [-0.1, -0.05) is 41.9 Å². The standard InChI is InChI=1S/C20H15ClF3N3O/c21-18-17(26-16-9-8-12-4-1-2-7-15(12)16)11-25-27(19(18)28)14-6-3-5-13(10-14)20(22,23)24/h1-7,10-11,16,26H,8-9H2/t16-/m1/s1. The van der Waals surface area contributed by atoms with Crippen LogP contribution < -0.4 is 10.9 Å². The van der Waals surface area contributed by atoms with Crippen molar-refractivity contribution >= 4 is 17.3 Å². The van der Waals surface area contributed by atoms with E-state index in [0.717, 1.165) is 35.2 Å². The first-order valence-electron chi connectivity index (χ1n) is 8.64. The second kappa shape index (κ2) is 6.98. The number of hydrogen-bond donors (Lipinski definition) is 1. The number of anilines is 1. The predicted molar refractivity (Wildman–Crippen MR) is 101 cm³/mol. The number of aryl methyl sites for hydroxylation is 1. The summed E-state index contributed by atoms with van der Waals surface area (Å²) in [4.78, 5) is 12.6. The molecule has 0 spiro atoms. The Kier molecular flexibility index (Phi) is 4.63. The molecule has 8 heteroatoms. The summed E-state index contributed by atoms with van der Waals surface area (Å²) in [5.74, 6) is 0. The van der Waals surface area contributed by atoms with Gasteiger partial charge in [-0.15, -0.1) is 0 Å². The second-order valence-electron chi connectivity index (χ2n) is 6.57. The Morgan fingerprint density at radius 2 is 1.93 bits per heavy atom. The molecule has 1 atom stereocenters. The van der Waals surface area contributed by atoms with E-state index < -0.39 is 17.3 Å². The summed E-state index contributed by atoms with van der Waals surface area (Å²) >= 11 is 6.23. The first-order valence-corrected chi connectivity index (χ1v) is 9.02. The van der Waals surface area contributed by atoms with Gasteiger partial charge in [0.15, 0.2) is 0 Å². The van der Waals surface area contributed by atoms with Crippen LogP contribution in [-0.2, 0) is 12.6 Å². The highest BCUT2D eigenvalue weighted by Gasteiger charge is 2.31. The summed E-state index contributed by atoms with van der Waals surface area (Å²) < 4.78 is 39.7. The maximum atomic E-state index is 12.9. The zero-order valence-electron chi connectivity index (χ0n) is 14.5. The van der Waals surface area contributed by atoms with Gasteiger partial charge in [0, 0.05) is 0 Å². The minimum Gasteiger partial charge on any atom is -0.376 e. The maximum Gasteiger partial charge on any atom is 0.416 e. The lowest BCUT2D eigenvalue weighted by atomic mass is 10.1. The fraction of sp³-hybridized carbons (Fsp3) is 0.200. The van der Waals surface area contributed by atoms with Gasteiger partial charge in [0.2, 0.25) is 0 Å². The number of alkyl halides is 3. The highest BCUT2D eigenvalue weighted by atomic mass is 35.5. The van der Waals surface area contributed by atoms with Gasteiger partial charge in [-0.25, -0.2) is 0 Å². The molecular weight excluding hydrogens is 391 g/mol. The van der Waals surface area contributed by atoms with E-state index >= 15 is 0 Å². The Morgan fingerprint density at radius 3 is 2.71 bits per heavy atom. The molecule has 4 rings (SSSR count). The maximum absolute atomic E-state index is 12.9. The molecule has 1 aliphatic rings. The van der Waals surface area contributed by atoms with Crippen LogP contribution in [0.3, 0.4) is 0 Å². The summed E-state index contributed by atoms with van der Waals surface area (Å²) in [6.07, 6.45) is -1.38. The molecule has 0 saturated carbocycles. The van der Waals surface area contributed by atoms with E-state index in [2.05, 4.69) is 16.5 Å². The van der Waals surface area contributed by atoms with E-state index in [4.69, 9.17) is 11.6 Å². The normalized spacial score (nSPS) is 16.1. The van der Waals surface area contributed by atoms with Gasteiger partial charge >= 0.3 is 6.18 Å². The quantitative estimate of drug-likeness (QED) is 0.666. The van der Waals surface area contributed by atoms with Crippen molar-refractivity contribution in [3.8, 4) is 5.69 Å². The first-order chi connectivity index (χ1) is 13.3. The number of halogens is 4. The summed E-state index contributed by atoms with van der Waals surface area (Å²) in [6.45, 7) is 0. The fourth-order valence-corrected chi connectivity index (χ4v) is 3.61. The van der Waals surface area contributed by atoms with E-state index in [9.17, 15) is 18.0 Å². The Hall–Kier alpha value is -2.80. The number of fused-ring (bicyclic) bond motifs is 1. The molecule has 0 unspecified atom stereocenters. The smallest absolute Gasteiger partial charge is 0.376 e. The third-order valence-electron chi connectivity index (χ3n) is 4.80. The third-order valence-corrected chi connectivity index (χ3v) is 5.16. The van der Waals surface area contributed by atoms with Crippen LogP contribution in [0.15, 0.2) is 59.5 Å². The van der Waals surface area contributed by atoms with E-state index in [-0.39, 0.29) is 16.8 Å². The monoisotopic (exact) mass is 405 g/mol. The largest absolute Gasteiger partial charge is 0.416 e. The van der Waals surface area contributed by atoms with Crippen molar-refractivity contribution in [3.63, 3.8) is 0 Å². The molecule has 28 heavy (non-hydrogen) atoms. The SMILES string of the molecule is O=c1c(Cl)c(N[C@@H]2CCc3ccccc32)cnn1-c1cccc(C(F)(F)F)c1. The molecule has 0 radical (unpaired) electrons. The molecule has 1 heterocycles. The number of benzene rings is 2. The van der Waals surface area contributed by atoms with Crippen molar-refractivity contribution in [1.82, 2.24) is 9.78 Å². The number of aromatic nitrogens is 2. The Labute approximate surface area is 163 Å². The van der Waals surface area contributed by atoms with Crippen molar-refractivity contribution in [3.05, 3.63) is 86.8 Å². The van der Waals surface area contributed by atoms with Crippen molar-refractivity contribution in [2.75, 3.05) is 5.32 Å². The van der Waals surface area contributed by atoms with Gasteiger partial charge in [0.05, 0.1) is 29.2 Å². The van der Waals surface area contributed by atoms with Gasteiger partial charge in [-0.2, -0.15) is 23.0 Å². The molecule has 1 N–H and O–H groups in total. The summed E-state index contributed by atoms with van der Waals surface area (Å²) in [5, 5.41) is 7.14. The number of nitrogens with one attached hydrogen (secondary N) is 1. The zero-order chi connectivity index (χ0) is 19.9. The van der Waals surface area contributed by atoms with E-state index in [1.165, 1.54) is 23.9 Å². The third kappa shape index (κ3) is 3.38. The Balaban J connectivity index is 1.66. The molecular formula is C20H15ClF3N3O. The molecule has 1 aliphatic carbocycles. The summed E-state index contributed by atoms with van der Waals surface area (Å²) in [6, 6.07) is 12.4. The lowest BCUT2D eigenvalue weighted by Gasteiger charge is -2.17. The Bertz CT molecular complexity index is 1090. The molecule has 1 aromatic heterocycles. The number of hydrogen-bond acceptors (Lipinski definition) is 3. The van der Waals surface area contributed by atoms with Gasteiger partial charge in [0.1, 0.15) is 5.02 Å². The average molecular weight is 406 g/mol. The summed E-state index contributed by atoms with van der Waals surface area (Å²) in [5.41, 5.74) is 1.19. The molecule has 0 aliphatic heterocycles. The van der Waals surface area contributed by atoms with E-state index in [0.29, 0.717) is 5.69 Å². The minimum absolute atomic E-state index is 0.000475. The van der Waals surface area contributed by atoms with Crippen LogP contribution in [0.1, 0.15) is 29.2 Å². The van der Waals surface area contributed by atoms with Crippen molar-refractivity contribution in [2.45, 2.75) is 25.1 Å². The Morgan fingerprint density at radius 1 is 1.14 bits per heavy atom. The van der Waals surface area contributed by atoms with E-state index in [1.807, 2.05) is 18.2 Å². The minimum atomic E-state index is -4.51. The van der Waals surface area contributed by atoms with Crippen LogP contribution in [0.5, 0.6) is 0 Å². The lowest BCUT2D eigenvalue weighted by Crippen LogP contribution is -2.23. The first kappa shape index (κ1) is 18.6. The van der Waals surface area contributed by atoms with Crippen molar-refractivity contribution < 1.29 is 13.2 Å². The zero-order valence-corrected chi connectivity index (χ0v) is 15.3. The summed E-state index contributed by atoms with van der Waals surface area (Å²) in [7, 11) is 0. The molecule has 0 fully saturated rings. The number of nitrogens with zero attached hydrogens (tertiary/aromatic N) is 2. The highest BCUT2D eigenvalue weighted by Crippen LogP contribution is 2.35. The predicted octanol–water partition coefficient (Wildman–Crippen LogP) is 5.00. The van der Waals surface area contributed by atoms with Crippen molar-refractivity contribution in [1.29, 1.82) is 0 Å². The molecule has 0 bridgehead atoms. The highest BCUT2D eigenvalue weighted by molar-refractivity contribution is 6.33. The van der Waals surface area contributed by atoms with Crippen LogP contribution in [-0.4, -0.2) is 9.78 Å². The fourth-order valence-electron chi connectivity index (χ4n) is 3.43. The van der Waals surface area contributed by atoms with Crippen LogP contribution in [0.4, 0.5) is 18.9 Å². The van der Waals surface area contributed by atoms with Crippen LogP contribution in [0.2, 0.25) is 5.02 Å². The number of rotatable bonds is 3. The van der Waals surface area contributed by atoms with Gasteiger partial charge < -0.3 is 5.32 Å². The van der Waals surface area contributed by atoms with Crippen LogP contribution in [0.25, 0.3) is 5.69 Å². The van der Waals surface area contributed by atoms with Gasteiger partial charge in [0.25, 0.3) is 5.56 Å². The lowest BCUT2D eigenvalue weighted by molar-refractivity contribution is -0.137. The van der Waals surface area contributed by atoms with Crippen molar-refractivity contribution in [2.24, 2.45) is 0 Å². The second-order valence-corrected chi connectivity index (χ2v) is 6.95. The van der Waals surface area contributed by atoms with Gasteiger partial charge in [-0.3, -0.25) is 4.79 Å². The molecule has 0 amide bonds. The van der Waals surface area contributed by atoms with E-state index in [1.54, 1.807) is 0 Å². The van der Waals surface area contributed by atoms with Crippen LogP contribution in [0, 0.1) is 0 Å².